The lowest BCUT2D eigenvalue weighted by Crippen LogP contribution is -2.32. The Bertz CT molecular complexity index is 957. The third-order valence-corrected chi connectivity index (χ3v) is 4.52. The van der Waals surface area contributed by atoms with E-state index < -0.39 is 0 Å². The van der Waals surface area contributed by atoms with Gasteiger partial charge in [0.15, 0.2) is 12.4 Å². The van der Waals surface area contributed by atoms with Crippen LogP contribution in [0.2, 0.25) is 5.02 Å². The highest BCUT2D eigenvalue weighted by atomic mass is 35.5. The third kappa shape index (κ3) is 2.95. The molecule has 0 saturated carbocycles. The second kappa shape index (κ2) is 6.05. The molecule has 2 heterocycles. The zero-order valence-electron chi connectivity index (χ0n) is 12.8. The van der Waals surface area contributed by atoms with Crippen LogP contribution in [0.5, 0.6) is 0 Å². The van der Waals surface area contributed by atoms with E-state index >= 15 is 0 Å². The van der Waals surface area contributed by atoms with Gasteiger partial charge in [-0.3, -0.25) is 0 Å². The number of pyridine rings is 1. The van der Waals surface area contributed by atoms with Crippen LogP contribution in [0.15, 0.2) is 67.0 Å². The smallest absolute Gasteiger partial charge is 0.193 e. The van der Waals surface area contributed by atoms with Crippen molar-refractivity contribution in [1.82, 2.24) is 4.98 Å². The first-order valence-electron chi connectivity index (χ1n) is 7.93. The molecule has 0 saturated heterocycles. The molecule has 0 unspecified atom stereocenters. The maximum absolute atomic E-state index is 6.11. The average Bonchev–Trinajstić information content (AvgIpc) is 2.93. The second-order valence-corrected chi connectivity index (χ2v) is 6.35. The summed E-state index contributed by atoms with van der Waals surface area (Å²) >= 11 is 6.11. The zero-order valence-corrected chi connectivity index (χ0v) is 13.6. The number of fused-ring (bicyclic) bond motifs is 3. The highest BCUT2D eigenvalue weighted by Gasteiger charge is 2.09. The Morgan fingerprint density at radius 1 is 0.913 bits per heavy atom. The third-order valence-electron chi connectivity index (χ3n) is 4.28. The summed E-state index contributed by atoms with van der Waals surface area (Å²) in [4.78, 5) is 3.47. The van der Waals surface area contributed by atoms with Gasteiger partial charge >= 0.3 is 0 Å². The van der Waals surface area contributed by atoms with E-state index in [-0.39, 0.29) is 0 Å². The molecule has 23 heavy (non-hydrogen) atoms. The maximum atomic E-state index is 6.11. The largest absolute Gasteiger partial charge is 0.350 e. The first-order valence-corrected chi connectivity index (χ1v) is 8.31. The van der Waals surface area contributed by atoms with Gasteiger partial charge in [0.2, 0.25) is 0 Å². The predicted molar refractivity (Wildman–Crippen MR) is 95.8 cm³/mol. The summed E-state index contributed by atoms with van der Waals surface area (Å²) in [6, 6.07) is 18.8. The van der Waals surface area contributed by atoms with E-state index in [0.717, 1.165) is 35.4 Å². The highest BCUT2D eigenvalue weighted by molar-refractivity contribution is 6.31. The Labute approximate surface area is 140 Å². The van der Waals surface area contributed by atoms with Crippen molar-refractivity contribution in [2.75, 3.05) is 0 Å². The molecule has 0 radical (unpaired) electrons. The molecule has 2 aromatic carbocycles. The second-order valence-electron chi connectivity index (χ2n) is 5.91. The van der Waals surface area contributed by atoms with Crippen molar-refractivity contribution < 1.29 is 4.57 Å². The average molecular weight is 322 g/mol. The monoisotopic (exact) mass is 321 g/mol. The summed E-state index contributed by atoms with van der Waals surface area (Å²) in [7, 11) is 0. The zero-order chi connectivity index (χ0) is 15.6. The van der Waals surface area contributed by atoms with Crippen LogP contribution in [0.1, 0.15) is 12.0 Å². The minimum Gasteiger partial charge on any atom is -0.350 e. The lowest BCUT2D eigenvalue weighted by Gasteiger charge is -1.99. The Kier molecular flexibility index (Phi) is 3.76. The van der Waals surface area contributed by atoms with E-state index in [0.29, 0.717) is 0 Å². The molecule has 2 aromatic heterocycles. The number of nitrogens with zero attached hydrogens (tertiary/aromatic N) is 1. The Balaban J connectivity index is 1.55. The van der Waals surface area contributed by atoms with Crippen LogP contribution >= 0.6 is 11.6 Å². The molecule has 3 heteroatoms. The van der Waals surface area contributed by atoms with Gasteiger partial charge in [-0.2, -0.15) is 0 Å². The molecule has 0 aliphatic rings. The standard InChI is InChI=1S/C20H17ClN2/c21-16-8-9-19-18(13-16)17-10-12-23(14-20(17)22-19)11-4-7-15-5-2-1-3-6-15/h1-3,5-6,8-10,12-14H,4,7,11H2/p+1. The molecule has 0 aliphatic carbocycles. The predicted octanol–water partition coefficient (Wildman–Crippen LogP) is 4.89. The topological polar surface area (TPSA) is 19.7 Å². The summed E-state index contributed by atoms with van der Waals surface area (Å²) in [6.45, 7) is 1.01. The number of nitrogens with one attached hydrogen (secondary N) is 1. The van der Waals surface area contributed by atoms with Gasteiger partial charge in [0, 0.05) is 33.8 Å². The van der Waals surface area contributed by atoms with Crippen molar-refractivity contribution in [1.29, 1.82) is 0 Å². The lowest BCUT2D eigenvalue weighted by atomic mass is 10.1. The molecule has 0 bridgehead atoms. The minimum atomic E-state index is 0.776. The van der Waals surface area contributed by atoms with Gasteiger partial charge in [0.1, 0.15) is 12.1 Å². The molecule has 0 atom stereocenters. The summed E-state index contributed by atoms with van der Waals surface area (Å²) in [6.07, 6.45) is 6.58. The fraction of sp³-hybridized carbons (Fsp3) is 0.150. The van der Waals surface area contributed by atoms with Gasteiger partial charge in [-0.25, -0.2) is 4.57 Å². The Hall–Kier alpha value is -2.32. The molecule has 0 amide bonds. The molecule has 0 spiro atoms. The lowest BCUT2D eigenvalue weighted by molar-refractivity contribution is -0.696. The molecular weight excluding hydrogens is 304 g/mol. The SMILES string of the molecule is Clc1ccc2[nH]c3c[n+](CCCc4ccccc4)ccc3c2c1. The number of aryl methyl sites for hydroxylation is 2. The first kappa shape index (κ1) is 14.3. The van der Waals surface area contributed by atoms with Crippen molar-refractivity contribution in [3.63, 3.8) is 0 Å². The van der Waals surface area contributed by atoms with Crippen molar-refractivity contribution in [2.24, 2.45) is 0 Å². The van der Waals surface area contributed by atoms with Gasteiger partial charge in [-0.05, 0) is 30.2 Å². The molecule has 114 valence electrons. The van der Waals surface area contributed by atoms with Crippen molar-refractivity contribution in [3.8, 4) is 0 Å². The van der Waals surface area contributed by atoms with Crippen LogP contribution in [-0.4, -0.2) is 4.98 Å². The molecule has 1 N–H and O–H groups in total. The van der Waals surface area contributed by atoms with Crippen LogP contribution in [0, 0.1) is 0 Å². The maximum Gasteiger partial charge on any atom is 0.193 e. The summed E-state index contributed by atoms with van der Waals surface area (Å²) in [5.74, 6) is 0. The quantitative estimate of drug-likeness (QED) is 0.516. The highest BCUT2D eigenvalue weighted by Crippen LogP contribution is 2.26. The van der Waals surface area contributed by atoms with Crippen molar-refractivity contribution in [2.45, 2.75) is 19.4 Å². The van der Waals surface area contributed by atoms with E-state index in [4.69, 9.17) is 11.6 Å². The van der Waals surface area contributed by atoms with Crippen LogP contribution in [-0.2, 0) is 13.0 Å². The van der Waals surface area contributed by atoms with E-state index in [1.807, 2.05) is 18.2 Å². The number of rotatable bonds is 4. The summed E-state index contributed by atoms with van der Waals surface area (Å²) in [5.41, 5.74) is 3.69. The minimum absolute atomic E-state index is 0.776. The molecule has 2 nitrogen and oxygen atoms in total. The van der Waals surface area contributed by atoms with Crippen molar-refractivity contribution in [3.05, 3.63) is 77.6 Å². The van der Waals surface area contributed by atoms with Crippen LogP contribution < -0.4 is 4.57 Å². The van der Waals surface area contributed by atoms with Gasteiger partial charge in [0.05, 0.1) is 0 Å². The fourth-order valence-electron chi connectivity index (χ4n) is 3.12. The summed E-state index contributed by atoms with van der Waals surface area (Å²) in [5, 5.41) is 3.18. The van der Waals surface area contributed by atoms with Gasteiger partial charge in [0.25, 0.3) is 0 Å². The van der Waals surface area contributed by atoms with Crippen molar-refractivity contribution >= 4 is 33.4 Å². The normalized spacial score (nSPS) is 11.3. The number of hydrogen-bond acceptors (Lipinski definition) is 0. The van der Waals surface area contributed by atoms with E-state index in [1.54, 1.807) is 0 Å². The molecule has 4 aromatic rings. The van der Waals surface area contributed by atoms with E-state index in [2.05, 4.69) is 58.3 Å². The van der Waals surface area contributed by atoms with Gasteiger partial charge in [-0.15, -0.1) is 0 Å². The number of hydrogen-bond donors (Lipinski definition) is 1. The first-order chi connectivity index (χ1) is 11.3. The number of aromatic amines is 1. The molecular formula is C20H18ClN2+. The van der Waals surface area contributed by atoms with E-state index in [1.165, 1.54) is 16.3 Å². The van der Waals surface area contributed by atoms with Crippen LogP contribution in [0.25, 0.3) is 21.8 Å². The number of H-pyrrole nitrogens is 1. The molecule has 4 rings (SSSR count). The van der Waals surface area contributed by atoms with E-state index in [9.17, 15) is 0 Å². The Morgan fingerprint density at radius 2 is 1.78 bits per heavy atom. The van der Waals surface area contributed by atoms with Crippen LogP contribution in [0.3, 0.4) is 0 Å². The number of halogens is 1. The molecule has 0 aliphatic heterocycles. The van der Waals surface area contributed by atoms with Gasteiger partial charge in [-0.1, -0.05) is 41.9 Å². The Morgan fingerprint density at radius 3 is 2.65 bits per heavy atom. The number of aromatic nitrogens is 2. The fourth-order valence-corrected chi connectivity index (χ4v) is 3.29. The van der Waals surface area contributed by atoms with Crippen LogP contribution in [0.4, 0.5) is 0 Å². The summed E-state index contributed by atoms with van der Waals surface area (Å²) < 4.78 is 2.25. The van der Waals surface area contributed by atoms with Gasteiger partial charge < -0.3 is 4.98 Å². The number of benzene rings is 2. The molecule has 0 fully saturated rings.